The second-order valence-corrected chi connectivity index (χ2v) is 3.95. The van der Waals surface area contributed by atoms with Crippen LogP contribution in [0, 0.1) is 5.82 Å². The number of carboxylic acids is 1. The molecule has 1 aromatic carbocycles. The second-order valence-electron chi connectivity index (χ2n) is 3.95. The summed E-state index contributed by atoms with van der Waals surface area (Å²) in [5, 5.41) is 8.70. The SMILES string of the molecule is O=C(O)c1ccc(N2C(=O)CCCC2=O)c(F)c1. The molecule has 1 aliphatic heterocycles. The average Bonchev–Trinajstić information content (AvgIpc) is 2.30. The molecule has 1 fully saturated rings. The van der Waals surface area contributed by atoms with Gasteiger partial charge in [0.05, 0.1) is 11.3 Å². The highest BCUT2D eigenvalue weighted by Gasteiger charge is 2.29. The van der Waals surface area contributed by atoms with Crippen molar-refractivity contribution in [3.8, 4) is 0 Å². The Morgan fingerprint density at radius 2 is 1.83 bits per heavy atom. The Bertz CT molecular complexity index is 525. The minimum atomic E-state index is -1.27. The van der Waals surface area contributed by atoms with Crippen LogP contribution in [0.15, 0.2) is 18.2 Å². The number of imide groups is 1. The van der Waals surface area contributed by atoms with E-state index in [9.17, 15) is 18.8 Å². The number of aromatic carboxylic acids is 1. The maximum Gasteiger partial charge on any atom is 0.335 e. The average molecular weight is 251 g/mol. The molecule has 5 nitrogen and oxygen atoms in total. The molecule has 0 aromatic heterocycles. The molecule has 94 valence electrons. The van der Waals surface area contributed by atoms with Crippen molar-refractivity contribution in [2.75, 3.05) is 4.90 Å². The van der Waals surface area contributed by atoms with Gasteiger partial charge in [0.15, 0.2) is 0 Å². The van der Waals surface area contributed by atoms with Crippen molar-refractivity contribution in [2.24, 2.45) is 0 Å². The van der Waals surface area contributed by atoms with Crippen molar-refractivity contribution in [2.45, 2.75) is 19.3 Å². The first kappa shape index (κ1) is 12.2. The molecular formula is C12H10FNO4. The van der Waals surface area contributed by atoms with Gasteiger partial charge in [0.2, 0.25) is 11.8 Å². The molecule has 0 unspecified atom stereocenters. The summed E-state index contributed by atoms with van der Waals surface area (Å²) in [7, 11) is 0. The van der Waals surface area contributed by atoms with E-state index in [0.29, 0.717) is 6.42 Å². The molecule has 18 heavy (non-hydrogen) atoms. The van der Waals surface area contributed by atoms with E-state index < -0.39 is 23.6 Å². The summed E-state index contributed by atoms with van der Waals surface area (Å²) in [6, 6.07) is 3.10. The predicted molar refractivity (Wildman–Crippen MR) is 59.7 cm³/mol. The molecule has 0 bridgehead atoms. The van der Waals surface area contributed by atoms with Gasteiger partial charge in [-0.05, 0) is 24.6 Å². The zero-order valence-corrected chi connectivity index (χ0v) is 9.35. The number of piperidine rings is 1. The number of hydrogen-bond acceptors (Lipinski definition) is 3. The zero-order chi connectivity index (χ0) is 13.3. The van der Waals surface area contributed by atoms with Crippen LogP contribution < -0.4 is 4.90 Å². The summed E-state index contributed by atoms with van der Waals surface area (Å²) in [5.41, 5.74) is -0.414. The monoisotopic (exact) mass is 251 g/mol. The van der Waals surface area contributed by atoms with Crippen molar-refractivity contribution >= 4 is 23.5 Å². The van der Waals surface area contributed by atoms with Crippen LogP contribution >= 0.6 is 0 Å². The van der Waals surface area contributed by atoms with Gasteiger partial charge in [-0.25, -0.2) is 14.1 Å². The number of carbonyl (C=O) groups is 3. The molecule has 1 heterocycles. The number of carboxylic acid groups (broad SMARTS) is 1. The van der Waals surface area contributed by atoms with E-state index in [1.807, 2.05) is 0 Å². The van der Waals surface area contributed by atoms with Gasteiger partial charge < -0.3 is 5.11 Å². The summed E-state index contributed by atoms with van der Waals surface area (Å²) < 4.78 is 13.7. The van der Waals surface area contributed by atoms with Crippen molar-refractivity contribution in [3.63, 3.8) is 0 Å². The molecule has 0 radical (unpaired) electrons. The fourth-order valence-corrected chi connectivity index (χ4v) is 1.84. The Morgan fingerprint density at radius 1 is 1.22 bits per heavy atom. The molecule has 0 spiro atoms. The number of amides is 2. The molecule has 2 amide bonds. The summed E-state index contributed by atoms with van der Waals surface area (Å²) in [6.07, 6.45) is 0.834. The topological polar surface area (TPSA) is 74.7 Å². The highest BCUT2D eigenvalue weighted by molar-refractivity contribution is 6.16. The van der Waals surface area contributed by atoms with E-state index in [1.165, 1.54) is 0 Å². The molecule has 0 aliphatic carbocycles. The van der Waals surface area contributed by atoms with Crippen molar-refractivity contribution in [3.05, 3.63) is 29.6 Å². The number of carbonyl (C=O) groups excluding carboxylic acids is 2. The fourth-order valence-electron chi connectivity index (χ4n) is 1.84. The lowest BCUT2D eigenvalue weighted by Gasteiger charge is -2.25. The Balaban J connectivity index is 2.41. The van der Waals surface area contributed by atoms with Gasteiger partial charge in [0.25, 0.3) is 0 Å². The number of nitrogens with zero attached hydrogens (tertiary/aromatic N) is 1. The van der Waals surface area contributed by atoms with Gasteiger partial charge in [-0.15, -0.1) is 0 Å². The van der Waals surface area contributed by atoms with Crippen LogP contribution in [0.1, 0.15) is 29.6 Å². The lowest BCUT2D eigenvalue weighted by molar-refractivity contribution is -0.129. The molecule has 1 aliphatic rings. The van der Waals surface area contributed by atoms with E-state index in [-0.39, 0.29) is 24.1 Å². The quantitative estimate of drug-likeness (QED) is 0.809. The molecule has 0 atom stereocenters. The smallest absolute Gasteiger partial charge is 0.335 e. The first-order valence-electron chi connectivity index (χ1n) is 5.39. The number of anilines is 1. The highest BCUT2D eigenvalue weighted by Crippen LogP contribution is 2.25. The van der Waals surface area contributed by atoms with Crippen LogP contribution in [0.4, 0.5) is 10.1 Å². The van der Waals surface area contributed by atoms with Gasteiger partial charge in [-0.3, -0.25) is 9.59 Å². The molecule has 1 saturated heterocycles. The minimum absolute atomic E-state index is 0.185. The van der Waals surface area contributed by atoms with E-state index in [1.54, 1.807) is 0 Å². The first-order valence-corrected chi connectivity index (χ1v) is 5.39. The summed E-state index contributed by atoms with van der Waals surface area (Å²) in [4.78, 5) is 34.6. The van der Waals surface area contributed by atoms with Crippen LogP contribution in [0.25, 0.3) is 0 Å². The molecule has 6 heteroatoms. The van der Waals surface area contributed by atoms with Gasteiger partial charge in [-0.1, -0.05) is 0 Å². The van der Waals surface area contributed by atoms with Gasteiger partial charge in [-0.2, -0.15) is 0 Å². The highest BCUT2D eigenvalue weighted by atomic mass is 19.1. The maximum atomic E-state index is 13.7. The number of hydrogen-bond donors (Lipinski definition) is 1. The molecular weight excluding hydrogens is 241 g/mol. The standard InChI is InChI=1S/C12H10FNO4/c13-8-6-7(12(17)18)4-5-9(8)14-10(15)2-1-3-11(14)16/h4-6H,1-3H2,(H,17,18). The number of halogens is 1. The van der Waals surface area contributed by atoms with Gasteiger partial charge in [0.1, 0.15) is 5.82 Å². The fraction of sp³-hybridized carbons (Fsp3) is 0.250. The largest absolute Gasteiger partial charge is 0.478 e. The number of rotatable bonds is 2. The third-order valence-electron chi connectivity index (χ3n) is 2.72. The Kier molecular flexibility index (Phi) is 3.10. The third kappa shape index (κ3) is 2.09. The van der Waals surface area contributed by atoms with Gasteiger partial charge >= 0.3 is 5.97 Å². The normalized spacial score (nSPS) is 15.9. The van der Waals surface area contributed by atoms with E-state index in [2.05, 4.69) is 0 Å². The zero-order valence-electron chi connectivity index (χ0n) is 9.35. The second kappa shape index (κ2) is 4.56. The van der Waals surface area contributed by atoms with E-state index >= 15 is 0 Å². The summed E-state index contributed by atoms with van der Waals surface area (Å²) >= 11 is 0. The van der Waals surface area contributed by atoms with Crippen LogP contribution in [0.2, 0.25) is 0 Å². The van der Waals surface area contributed by atoms with Gasteiger partial charge in [0, 0.05) is 12.8 Å². The summed E-state index contributed by atoms with van der Waals surface area (Å²) in [6.45, 7) is 0. The summed E-state index contributed by atoms with van der Waals surface area (Å²) in [5.74, 6) is -3.09. The van der Waals surface area contributed by atoms with Crippen LogP contribution in [0.5, 0.6) is 0 Å². The Hall–Kier alpha value is -2.24. The number of benzene rings is 1. The third-order valence-corrected chi connectivity index (χ3v) is 2.72. The van der Waals surface area contributed by atoms with E-state index in [4.69, 9.17) is 5.11 Å². The lowest BCUT2D eigenvalue weighted by Crippen LogP contribution is -2.40. The van der Waals surface area contributed by atoms with Crippen molar-refractivity contribution in [1.82, 2.24) is 0 Å². The lowest BCUT2D eigenvalue weighted by atomic mass is 10.1. The van der Waals surface area contributed by atoms with Crippen LogP contribution in [0.3, 0.4) is 0 Å². The van der Waals surface area contributed by atoms with E-state index in [0.717, 1.165) is 23.1 Å². The minimum Gasteiger partial charge on any atom is -0.478 e. The Morgan fingerprint density at radius 3 is 2.33 bits per heavy atom. The Labute approximate surface area is 102 Å². The predicted octanol–water partition coefficient (Wildman–Crippen LogP) is 1.57. The molecule has 2 rings (SSSR count). The van der Waals surface area contributed by atoms with Crippen LogP contribution in [-0.2, 0) is 9.59 Å². The molecule has 1 aromatic rings. The molecule has 1 N–H and O–H groups in total. The van der Waals surface area contributed by atoms with Crippen molar-refractivity contribution < 1.29 is 23.9 Å². The molecule has 0 saturated carbocycles. The van der Waals surface area contributed by atoms with Crippen LogP contribution in [-0.4, -0.2) is 22.9 Å². The maximum absolute atomic E-state index is 13.7. The first-order chi connectivity index (χ1) is 8.50. The van der Waals surface area contributed by atoms with Crippen molar-refractivity contribution in [1.29, 1.82) is 0 Å².